The number of sulfonamides is 1. The van der Waals surface area contributed by atoms with Gasteiger partial charge < -0.3 is 4.90 Å². The van der Waals surface area contributed by atoms with Crippen LogP contribution < -0.4 is 4.90 Å². The second-order valence-electron chi connectivity index (χ2n) is 4.62. The minimum atomic E-state index is -3.41. The van der Waals surface area contributed by atoms with Gasteiger partial charge in [-0.2, -0.15) is 0 Å². The van der Waals surface area contributed by atoms with E-state index in [1.54, 1.807) is 12.1 Å². The molecule has 0 saturated carbocycles. The van der Waals surface area contributed by atoms with Crippen LogP contribution >= 0.6 is 15.9 Å². The summed E-state index contributed by atoms with van der Waals surface area (Å²) in [6.45, 7) is 4.98. The van der Waals surface area contributed by atoms with Gasteiger partial charge in [-0.05, 0) is 26.0 Å². The Morgan fingerprint density at radius 3 is 2.32 bits per heavy atom. The number of anilines is 1. The molecule has 0 aliphatic rings. The van der Waals surface area contributed by atoms with Crippen LogP contribution in [0.4, 0.5) is 5.82 Å². The fourth-order valence-corrected chi connectivity index (χ4v) is 2.86. The first-order valence-electron chi connectivity index (χ1n) is 6.02. The summed E-state index contributed by atoms with van der Waals surface area (Å²) in [7, 11) is -0.392. The number of hydrogen-bond acceptors (Lipinski definition) is 4. The smallest absolute Gasteiger partial charge is 0.244 e. The lowest BCUT2D eigenvalue weighted by Crippen LogP contribution is -2.33. The Balaban J connectivity index is 3.05. The summed E-state index contributed by atoms with van der Waals surface area (Å²) in [5.74, 6) is 0.784. The number of aromatic nitrogens is 1. The zero-order valence-electron chi connectivity index (χ0n) is 11.7. The van der Waals surface area contributed by atoms with Gasteiger partial charge >= 0.3 is 0 Å². The van der Waals surface area contributed by atoms with Crippen LogP contribution in [0, 0.1) is 0 Å². The average Bonchev–Trinajstić information content (AvgIpc) is 2.35. The van der Waals surface area contributed by atoms with Crippen molar-refractivity contribution in [3.05, 3.63) is 18.3 Å². The van der Waals surface area contributed by atoms with Gasteiger partial charge in [-0.25, -0.2) is 17.7 Å². The first-order valence-corrected chi connectivity index (χ1v) is 8.58. The van der Waals surface area contributed by atoms with Crippen molar-refractivity contribution in [1.29, 1.82) is 0 Å². The van der Waals surface area contributed by atoms with Crippen LogP contribution in [0.5, 0.6) is 0 Å². The number of pyridine rings is 1. The Hall–Kier alpha value is -0.660. The van der Waals surface area contributed by atoms with Gasteiger partial charge in [0.2, 0.25) is 10.0 Å². The first kappa shape index (κ1) is 16.4. The number of nitrogens with zero attached hydrogens (tertiary/aromatic N) is 3. The number of rotatable bonds is 6. The predicted molar refractivity (Wildman–Crippen MR) is 81.4 cm³/mol. The van der Waals surface area contributed by atoms with Gasteiger partial charge in [0.25, 0.3) is 0 Å². The van der Waals surface area contributed by atoms with Gasteiger partial charge in [-0.15, -0.1) is 0 Å². The summed E-state index contributed by atoms with van der Waals surface area (Å²) >= 11 is 3.41. The maximum absolute atomic E-state index is 11.9. The normalized spacial score (nSPS) is 12.2. The molecule has 7 heteroatoms. The van der Waals surface area contributed by atoms with Crippen molar-refractivity contribution in [3.63, 3.8) is 0 Å². The molecule has 0 aliphatic heterocycles. The Morgan fingerprint density at radius 1 is 1.32 bits per heavy atom. The topological polar surface area (TPSA) is 53.5 Å². The minimum absolute atomic E-state index is 0.212. The van der Waals surface area contributed by atoms with Crippen LogP contribution in [0.1, 0.15) is 13.8 Å². The van der Waals surface area contributed by atoms with Crippen LogP contribution in [0.25, 0.3) is 0 Å². The van der Waals surface area contributed by atoms with Crippen molar-refractivity contribution in [1.82, 2.24) is 9.29 Å². The largest absolute Gasteiger partial charge is 0.353 e. The molecule has 0 aromatic carbocycles. The number of alkyl halides is 1. The van der Waals surface area contributed by atoms with Gasteiger partial charge in [0.05, 0.1) is 0 Å². The van der Waals surface area contributed by atoms with Gasteiger partial charge in [0.1, 0.15) is 10.7 Å². The lowest BCUT2D eigenvalue weighted by molar-refractivity contribution is 0.520. The molecule has 1 heterocycles. The monoisotopic (exact) mass is 349 g/mol. The molecule has 1 rings (SSSR count). The van der Waals surface area contributed by atoms with Crippen molar-refractivity contribution in [2.45, 2.75) is 24.8 Å². The summed E-state index contributed by atoms with van der Waals surface area (Å²) in [6, 6.07) is 3.65. The summed E-state index contributed by atoms with van der Waals surface area (Å²) in [5, 5.41) is 0.838. The Labute approximate surface area is 123 Å². The molecule has 0 bridgehead atoms. The molecule has 5 nitrogen and oxygen atoms in total. The standard InChI is InChI=1S/C12H20BrN3O2S/c1-10(2)16(8-7-13)12-6-5-11(9-14-12)19(17,18)15(3)4/h5-6,9-10H,7-8H2,1-4H3. The van der Waals surface area contributed by atoms with Crippen LogP contribution in [-0.2, 0) is 10.0 Å². The molecule has 1 aromatic rings. The summed E-state index contributed by atoms with van der Waals surface area (Å²) in [4.78, 5) is 6.59. The Bertz CT molecular complexity index is 500. The molecular weight excluding hydrogens is 330 g/mol. The molecule has 0 unspecified atom stereocenters. The fraction of sp³-hybridized carbons (Fsp3) is 0.583. The molecule has 108 valence electrons. The maximum atomic E-state index is 11.9. The Morgan fingerprint density at radius 2 is 1.95 bits per heavy atom. The molecule has 0 amide bonds. The molecule has 0 saturated heterocycles. The van der Waals surface area contributed by atoms with E-state index in [0.29, 0.717) is 6.04 Å². The SMILES string of the molecule is CC(C)N(CCBr)c1ccc(S(=O)(=O)N(C)C)cn1. The lowest BCUT2D eigenvalue weighted by atomic mass is 10.3. The second-order valence-corrected chi connectivity index (χ2v) is 7.56. The summed E-state index contributed by atoms with van der Waals surface area (Å²) < 4.78 is 25.1. The van der Waals surface area contributed by atoms with Crippen LogP contribution in [0.15, 0.2) is 23.2 Å². The molecule has 1 aromatic heterocycles. The summed E-state index contributed by atoms with van der Waals surface area (Å²) in [6.07, 6.45) is 1.41. The van der Waals surface area contributed by atoms with E-state index in [4.69, 9.17) is 0 Å². The van der Waals surface area contributed by atoms with Crippen LogP contribution in [-0.4, -0.2) is 49.7 Å². The zero-order chi connectivity index (χ0) is 14.6. The van der Waals surface area contributed by atoms with E-state index in [1.165, 1.54) is 24.6 Å². The minimum Gasteiger partial charge on any atom is -0.353 e. The van der Waals surface area contributed by atoms with E-state index in [0.717, 1.165) is 17.7 Å². The summed E-state index contributed by atoms with van der Waals surface area (Å²) in [5.41, 5.74) is 0. The average molecular weight is 350 g/mol. The first-order chi connectivity index (χ1) is 8.80. The molecular formula is C12H20BrN3O2S. The van der Waals surface area contributed by atoms with Crippen molar-refractivity contribution in [3.8, 4) is 0 Å². The predicted octanol–water partition coefficient (Wildman–Crippen LogP) is 1.94. The second kappa shape index (κ2) is 6.67. The van der Waals surface area contributed by atoms with Gasteiger partial charge in [0.15, 0.2) is 0 Å². The quantitative estimate of drug-likeness (QED) is 0.736. The highest BCUT2D eigenvalue weighted by Gasteiger charge is 2.18. The van der Waals surface area contributed by atoms with E-state index in [-0.39, 0.29) is 4.90 Å². The molecule has 0 N–H and O–H groups in total. The van der Waals surface area contributed by atoms with E-state index >= 15 is 0 Å². The number of halogens is 1. The third-order valence-electron chi connectivity index (χ3n) is 2.74. The molecule has 0 fully saturated rings. The van der Waals surface area contributed by atoms with Gasteiger partial charge in [0, 0.05) is 38.2 Å². The Kier molecular flexibility index (Phi) is 5.76. The fourth-order valence-electron chi connectivity index (χ4n) is 1.63. The van der Waals surface area contributed by atoms with E-state index in [1.807, 2.05) is 0 Å². The van der Waals surface area contributed by atoms with Crippen molar-refractivity contribution < 1.29 is 8.42 Å². The van der Waals surface area contributed by atoms with Crippen LogP contribution in [0.2, 0.25) is 0 Å². The lowest BCUT2D eigenvalue weighted by Gasteiger charge is -2.27. The molecule has 19 heavy (non-hydrogen) atoms. The van der Waals surface area contributed by atoms with Gasteiger partial charge in [-0.1, -0.05) is 15.9 Å². The zero-order valence-corrected chi connectivity index (χ0v) is 14.1. The molecule has 0 spiro atoms. The van der Waals surface area contributed by atoms with E-state index in [9.17, 15) is 8.42 Å². The molecule has 0 aliphatic carbocycles. The van der Waals surface area contributed by atoms with E-state index < -0.39 is 10.0 Å². The van der Waals surface area contributed by atoms with Crippen molar-refractivity contribution in [2.24, 2.45) is 0 Å². The highest BCUT2D eigenvalue weighted by atomic mass is 79.9. The van der Waals surface area contributed by atoms with Gasteiger partial charge in [-0.3, -0.25) is 0 Å². The third-order valence-corrected chi connectivity index (χ3v) is 4.90. The molecule has 0 radical (unpaired) electrons. The van der Waals surface area contributed by atoms with Crippen molar-refractivity contribution in [2.75, 3.05) is 30.9 Å². The van der Waals surface area contributed by atoms with Crippen molar-refractivity contribution >= 4 is 31.8 Å². The maximum Gasteiger partial charge on any atom is 0.244 e. The highest BCUT2D eigenvalue weighted by molar-refractivity contribution is 9.09. The van der Waals surface area contributed by atoms with Crippen LogP contribution in [0.3, 0.4) is 0 Å². The third kappa shape index (κ3) is 3.90. The number of hydrogen-bond donors (Lipinski definition) is 0. The molecule has 0 atom stereocenters. The highest BCUT2D eigenvalue weighted by Crippen LogP contribution is 2.18. The van der Waals surface area contributed by atoms with E-state index in [2.05, 4.69) is 39.7 Å².